The van der Waals surface area contributed by atoms with Gasteiger partial charge in [-0.15, -0.1) is 0 Å². The van der Waals surface area contributed by atoms with E-state index in [-0.39, 0.29) is 28.3 Å². The summed E-state index contributed by atoms with van der Waals surface area (Å²) in [5, 5.41) is 13.2. The van der Waals surface area contributed by atoms with Crippen LogP contribution in [0, 0.1) is 6.16 Å². The molecule has 5 heteroatoms. The third-order valence-corrected chi connectivity index (χ3v) is 9.75. The summed E-state index contributed by atoms with van der Waals surface area (Å²) in [5.41, 5.74) is 0. The summed E-state index contributed by atoms with van der Waals surface area (Å²) in [6.45, 7) is 1.08. The zero-order valence-corrected chi connectivity index (χ0v) is 22.4. The van der Waals surface area contributed by atoms with E-state index in [0.717, 1.165) is 13.3 Å². The Bertz CT molecular complexity index is 912. The van der Waals surface area contributed by atoms with E-state index in [9.17, 15) is 0 Å². The molecule has 0 radical (unpaired) electrons. The number of rotatable bonds is 8. The third kappa shape index (κ3) is 9.25. The van der Waals surface area contributed by atoms with Gasteiger partial charge in [-0.05, 0) is 18.5 Å². The molecule has 2 nitrogen and oxygen atoms in total. The van der Waals surface area contributed by atoms with E-state index in [1.54, 1.807) is 0 Å². The summed E-state index contributed by atoms with van der Waals surface area (Å²) in [7, 11) is -0.774. The van der Waals surface area contributed by atoms with E-state index in [0.29, 0.717) is 0 Å². The number of carbonyl (C=O) groups is 1. The van der Waals surface area contributed by atoms with Crippen LogP contribution in [0.4, 0.5) is 0 Å². The summed E-state index contributed by atoms with van der Waals surface area (Å²) >= 11 is 0. The molecule has 0 spiro atoms. The van der Waals surface area contributed by atoms with Crippen molar-refractivity contribution in [3.05, 3.63) is 127 Å². The molecule has 34 heavy (non-hydrogen) atoms. The second-order valence-corrected chi connectivity index (χ2v) is 11.8. The van der Waals surface area contributed by atoms with Gasteiger partial charge in [0.1, 0.15) is 0 Å². The van der Waals surface area contributed by atoms with Crippen LogP contribution in [0.3, 0.4) is 0 Å². The van der Waals surface area contributed by atoms with E-state index < -0.39 is 13.9 Å². The Hall–Kier alpha value is -2.13. The number of carboxylic acid groups (broad SMARTS) is 1. The minimum atomic E-state index is -0.833. The van der Waals surface area contributed by atoms with Crippen molar-refractivity contribution in [1.29, 1.82) is 0 Å². The fraction of sp³-hybridized carbons (Fsp3) is 0.103. The van der Waals surface area contributed by atoms with Crippen LogP contribution in [0.1, 0.15) is 13.3 Å². The first-order chi connectivity index (χ1) is 16.1. The Morgan fingerprint density at radius 3 is 1.26 bits per heavy atom. The molecule has 0 amide bonds. The van der Waals surface area contributed by atoms with E-state index in [1.165, 1.54) is 27.4 Å². The maximum absolute atomic E-state index is 9.00. The van der Waals surface area contributed by atoms with Crippen molar-refractivity contribution in [1.82, 2.24) is 0 Å². The molecule has 0 atom stereocenters. The predicted octanol–water partition coefficient (Wildman–Crippen LogP) is 5.89. The van der Waals surface area contributed by atoms with Crippen LogP contribution in [0.2, 0.25) is 0 Å². The molecule has 0 fully saturated rings. The fourth-order valence-electron chi connectivity index (χ4n) is 3.48. The van der Waals surface area contributed by atoms with Crippen LogP contribution in [0.15, 0.2) is 121 Å². The quantitative estimate of drug-likeness (QED) is 0.161. The first kappa shape index (κ1) is 28.1. The normalized spacial score (nSPS) is 10.2. The molecule has 4 aromatic rings. The van der Waals surface area contributed by atoms with Crippen LogP contribution in [0.5, 0.6) is 0 Å². The van der Waals surface area contributed by atoms with Crippen molar-refractivity contribution < 1.29 is 30.3 Å². The number of hydrogen-bond donors (Lipinski definition) is 1. The molecule has 0 aliphatic rings. The Balaban J connectivity index is 0.000000758. The van der Waals surface area contributed by atoms with E-state index >= 15 is 0 Å². The number of hydrogen-bond acceptors (Lipinski definition) is 1. The molecule has 0 bridgehead atoms. The molecule has 4 aromatic carbocycles. The molecule has 0 aliphatic heterocycles. The van der Waals surface area contributed by atoms with Gasteiger partial charge in [0.25, 0.3) is 5.97 Å². The SMILES string of the molecule is CC(=O)O.[Pd].c1ccc(P([CH-]CCP(c2ccccc2)c2ccccc2)c2ccccc2)cc1. The molecule has 0 heterocycles. The molecule has 0 saturated heterocycles. The number of carboxylic acids is 1. The average molecular weight is 578 g/mol. The zero-order valence-electron chi connectivity index (χ0n) is 19.1. The average Bonchev–Trinajstić information content (AvgIpc) is 2.86. The first-order valence-corrected chi connectivity index (χ1v) is 13.9. The van der Waals surface area contributed by atoms with Crippen molar-refractivity contribution in [3.8, 4) is 0 Å². The molecule has 178 valence electrons. The Kier molecular flexibility index (Phi) is 13.0. The minimum Gasteiger partial charge on any atom is -0.481 e. The predicted molar refractivity (Wildman–Crippen MR) is 145 cm³/mol. The largest absolute Gasteiger partial charge is 0.481 e. The van der Waals surface area contributed by atoms with E-state index in [4.69, 9.17) is 9.90 Å². The topological polar surface area (TPSA) is 37.3 Å². The van der Waals surface area contributed by atoms with Gasteiger partial charge >= 0.3 is 0 Å². The standard InChI is InChI=1S/C27H25P2.C2H4O2.Pd/c1-5-14-24(15-6-1)28(25-16-7-2-8-17-25)22-13-23-29(26-18-9-3-10-19-26)27-20-11-4-12-21-27;1-2(3)4;/h1-12,14-22H,13,23H2;1H3,(H,3,4);/q-1;;. The van der Waals surface area contributed by atoms with Crippen LogP contribution in [0.25, 0.3) is 0 Å². The molecule has 1 N–H and O–H groups in total. The van der Waals surface area contributed by atoms with E-state index in [1.807, 2.05) is 0 Å². The van der Waals surface area contributed by atoms with Crippen LogP contribution >= 0.6 is 15.8 Å². The van der Waals surface area contributed by atoms with Gasteiger partial charge in [0, 0.05) is 27.3 Å². The van der Waals surface area contributed by atoms with Crippen LogP contribution < -0.4 is 21.2 Å². The number of benzene rings is 4. The van der Waals surface area contributed by atoms with Gasteiger partial charge in [-0.2, -0.15) is 6.42 Å². The van der Waals surface area contributed by atoms with Crippen LogP contribution in [-0.4, -0.2) is 17.2 Å². The Labute approximate surface area is 219 Å². The second-order valence-electron chi connectivity index (χ2n) is 7.35. The van der Waals surface area contributed by atoms with Gasteiger partial charge in [0.05, 0.1) is 0 Å². The smallest absolute Gasteiger partial charge is 0.300 e. The summed E-state index contributed by atoms with van der Waals surface area (Å²) in [6.07, 6.45) is 4.87. The molecular weight excluding hydrogens is 549 g/mol. The van der Waals surface area contributed by atoms with Gasteiger partial charge < -0.3 is 5.11 Å². The van der Waals surface area contributed by atoms with Crippen molar-refractivity contribution in [3.63, 3.8) is 0 Å². The van der Waals surface area contributed by atoms with Crippen molar-refractivity contribution in [2.24, 2.45) is 0 Å². The minimum absolute atomic E-state index is 0. The summed E-state index contributed by atoms with van der Waals surface area (Å²) in [5.74, 6) is -0.833. The summed E-state index contributed by atoms with van der Waals surface area (Å²) in [4.78, 5) is 9.00. The molecular formula is C29H29O2P2Pd-. The van der Waals surface area contributed by atoms with Gasteiger partial charge in [-0.1, -0.05) is 138 Å². The van der Waals surface area contributed by atoms with Crippen molar-refractivity contribution in [2.75, 3.05) is 6.16 Å². The van der Waals surface area contributed by atoms with Crippen LogP contribution in [-0.2, 0) is 25.2 Å². The number of aliphatic carboxylic acids is 1. The van der Waals surface area contributed by atoms with Crippen molar-refractivity contribution >= 4 is 43.0 Å². The fourth-order valence-corrected chi connectivity index (χ4v) is 8.04. The molecule has 4 rings (SSSR count). The summed E-state index contributed by atoms with van der Waals surface area (Å²) < 4.78 is 0. The first-order valence-electron chi connectivity index (χ1n) is 10.9. The monoisotopic (exact) mass is 577 g/mol. The van der Waals surface area contributed by atoms with Gasteiger partial charge in [0.2, 0.25) is 0 Å². The van der Waals surface area contributed by atoms with Crippen molar-refractivity contribution in [2.45, 2.75) is 13.3 Å². The summed E-state index contributed by atoms with van der Waals surface area (Å²) in [6, 6.07) is 43.9. The maximum Gasteiger partial charge on any atom is 0.300 e. The molecule has 0 aliphatic carbocycles. The van der Waals surface area contributed by atoms with Gasteiger partial charge in [-0.3, -0.25) is 11.0 Å². The zero-order chi connectivity index (χ0) is 23.3. The van der Waals surface area contributed by atoms with Gasteiger partial charge in [0.15, 0.2) is 0 Å². The molecule has 0 unspecified atom stereocenters. The third-order valence-electron chi connectivity index (χ3n) is 4.87. The van der Waals surface area contributed by atoms with Gasteiger partial charge in [-0.25, -0.2) is 7.92 Å². The Morgan fingerprint density at radius 2 is 0.941 bits per heavy atom. The van der Waals surface area contributed by atoms with E-state index in [2.05, 4.69) is 127 Å². The maximum atomic E-state index is 9.00. The molecule has 0 aromatic heterocycles. The second kappa shape index (κ2) is 15.7. The molecule has 0 saturated carbocycles. The Morgan fingerprint density at radius 1 is 0.647 bits per heavy atom.